The maximum Gasteiger partial charge on any atom is 0.514 e. The van der Waals surface area contributed by atoms with E-state index >= 15 is 0 Å². The van der Waals surface area contributed by atoms with Crippen LogP contribution in [0.5, 0.6) is 17.2 Å². The maximum atomic E-state index is 11.6. The number of benzene rings is 3. The van der Waals surface area contributed by atoms with E-state index in [1.165, 1.54) is 0 Å². The number of ether oxygens (including phenoxy) is 5. The average molecular weight is 725 g/mol. The fourth-order valence-electron chi connectivity index (χ4n) is 2.63. The summed E-state index contributed by atoms with van der Waals surface area (Å²) in [6, 6.07) is 25.2. The first kappa shape index (κ1) is 43.8. The normalized spacial score (nSPS) is 9.76. The summed E-state index contributed by atoms with van der Waals surface area (Å²) >= 11 is 4.95. The van der Waals surface area contributed by atoms with E-state index < -0.39 is 44.9 Å². The van der Waals surface area contributed by atoms with Gasteiger partial charge in [0.05, 0.1) is 6.61 Å². The molecule has 0 aliphatic rings. The quantitative estimate of drug-likeness (QED) is 0.128. The minimum Gasteiger partial charge on any atom is -0.463 e. The van der Waals surface area contributed by atoms with Gasteiger partial charge in [0.15, 0.2) is 0 Å². The number of hydrogen-bond donors (Lipinski definition) is 2. The second-order valence-electron chi connectivity index (χ2n) is 7.55. The number of carbonyl (C=O) groups excluding carboxylic acids is 4. The second-order valence-corrected chi connectivity index (χ2v) is 10.4. The largest absolute Gasteiger partial charge is 0.514 e. The summed E-state index contributed by atoms with van der Waals surface area (Å²) in [6.45, 7) is 1.74. The van der Waals surface area contributed by atoms with E-state index in [2.05, 4.69) is 30.8 Å². The zero-order valence-electron chi connectivity index (χ0n) is 23.4. The summed E-state index contributed by atoms with van der Waals surface area (Å²) in [5.41, 5.74) is 4.19. The lowest BCUT2D eigenvalue weighted by Crippen LogP contribution is -2.31. The van der Waals surface area contributed by atoms with Gasteiger partial charge in [0.1, 0.15) is 17.2 Å². The van der Waals surface area contributed by atoms with Crippen molar-refractivity contribution in [2.24, 2.45) is 5.73 Å². The molecule has 0 saturated heterocycles. The number of halogens is 3. The Morgan fingerprint density at radius 3 is 1.52 bits per heavy atom. The summed E-state index contributed by atoms with van der Waals surface area (Å²) in [7, 11) is 7.36. The molecule has 1 amide bonds. The first-order valence-corrected chi connectivity index (χ1v) is 15.5. The number of hydrogen-bond acceptors (Lipinski definition) is 11. The summed E-state index contributed by atoms with van der Waals surface area (Å²) < 4.78 is 32.5. The molecule has 13 nitrogen and oxygen atoms in total. The van der Waals surface area contributed by atoms with Gasteiger partial charge in [-0.05, 0) is 43.3 Å². The van der Waals surface area contributed by atoms with Crippen molar-refractivity contribution in [3.63, 3.8) is 0 Å². The lowest BCUT2D eigenvalue weighted by atomic mass is 10.2. The molecule has 17 heteroatoms. The molecule has 0 heterocycles. The number of nitrogens with two attached hydrogens (primary N) is 1. The molecule has 3 N–H and O–H groups in total. The Kier molecular flexibility index (Phi) is 25.7. The standard InChI is InChI=1S/C14H17NO6.C7H5ClO2.C7H6O3.CH4.Cl2OS/c1-2-19-13(17)11(8-9-12(15)16)21-14(18)20-10-6-4-3-5-7-10;2*8-7(9)10-6-4-2-1-3-5-6;;1-4(2)3/h3-7,11H,2,8-9H2,1H3,(H2,15,16);1-5H;1-5H,(H,8,9);1H4;. The summed E-state index contributed by atoms with van der Waals surface area (Å²) in [6.07, 6.45) is -3.73. The Morgan fingerprint density at radius 2 is 1.17 bits per heavy atom. The number of carboxylic acid groups (broad SMARTS) is 1. The Labute approximate surface area is 281 Å². The number of para-hydroxylation sites is 3. The summed E-state index contributed by atoms with van der Waals surface area (Å²) in [5, 5.41) is 8.14. The van der Waals surface area contributed by atoms with Gasteiger partial charge in [-0.2, -0.15) is 0 Å². The Hall–Kier alpha value is -4.37. The minimum atomic E-state index is -1.67. The molecule has 1 unspecified atom stereocenters. The van der Waals surface area contributed by atoms with Gasteiger partial charge in [-0.3, -0.25) is 4.79 Å². The van der Waals surface area contributed by atoms with Crippen LogP contribution in [0.3, 0.4) is 0 Å². The predicted octanol–water partition coefficient (Wildman–Crippen LogP) is 7.25. The topological polar surface area (TPSA) is 195 Å². The van der Waals surface area contributed by atoms with Gasteiger partial charge >= 0.3 is 23.7 Å². The van der Waals surface area contributed by atoms with Gasteiger partial charge in [-0.15, -0.1) is 0 Å². The van der Waals surface area contributed by atoms with Gasteiger partial charge in [-0.25, -0.2) is 23.4 Å². The van der Waals surface area contributed by atoms with Crippen molar-refractivity contribution >= 4 is 71.8 Å². The molecule has 0 aromatic heterocycles. The monoisotopic (exact) mass is 723 g/mol. The van der Waals surface area contributed by atoms with Crippen LogP contribution in [0.4, 0.5) is 14.4 Å². The minimum absolute atomic E-state index is 0. The highest BCUT2D eigenvalue weighted by Crippen LogP contribution is 2.12. The van der Waals surface area contributed by atoms with Crippen LogP contribution in [-0.4, -0.2) is 51.6 Å². The molecule has 0 aliphatic heterocycles. The average Bonchev–Trinajstić information content (AvgIpc) is 2.96. The number of esters is 1. The van der Waals surface area contributed by atoms with Crippen LogP contribution in [0.1, 0.15) is 27.2 Å². The zero-order valence-corrected chi connectivity index (χ0v) is 26.5. The maximum absolute atomic E-state index is 11.6. The number of rotatable bonds is 9. The molecule has 252 valence electrons. The molecule has 0 spiro atoms. The SMILES string of the molecule is C.CCOC(=O)C(CCC(N)=O)OC(=O)Oc1ccccc1.O=C(Cl)Oc1ccccc1.O=C(O)Oc1ccccc1.O=S(Cl)Cl. The first-order chi connectivity index (χ1) is 21.3. The molecule has 1 atom stereocenters. The fraction of sp³-hybridized carbons (Fsp3) is 0.207. The van der Waals surface area contributed by atoms with E-state index in [1.54, 1.807) is 91.9 Å². The van der Waals surface area contributed by atoms with Crippen molar-refractivity contribution in [3.8, 4) is 17.2 Å². The Bertz CT molecular complexity index is 1280. The van der Waals surface area contributed by atoms with E-state index in [0.717, 1.165) is 0 Å². The number of amides is 1. The third kappa shape index (κ3) is 26.1. The van der Waals surface area contributed by atoms with E-state index in [4.69, 9.17) is 40.9 Å². The van der Waals surface area contributed by atoms with Crippen LogP contribution >= 0.6 is 33.0 Å². The van der Waals surface area contributed by atoms with Crippen molar-refractivity contribution in [2.75, 3.05) is 6.61 Å². The molecule has 3 rings (SSSR count). The molecule has 0 fully saturated rings. The first-order valence-electron chi connectivity index (χ1n) is 12.3. The van der Waals surface area contributed by atoms with Gasteiger partial charge < -0.3 is 34.5 Å². The van der Waals surface area contributed by atoms with Gasteiger partial charge in [0.25, 0.3) is 0 Å². The van der Waals surface area contributed by atoms with Crippen molar-refractivity contribution in [2.45, 2.75) is 33.3 Å². The molecular formula is C29H32Cl3NO12S. The van der Waals surface area contributed by atoms with E-state index in [-0.39, 0.29) is 32.6 Å². The zero-order chi connectivity index (χ0) is 34.0. The van der Waals surface area contributed by atoms with E-state index in [1.807, 2.05) is 6.07 Å². The van der Waals surface area contributed by atoms with Crippen LogP contribution in [0.25, 0.3) is 0 Å². The smallest absolute Gasteiger partial charge is 0.463 e. The van der Waals surface area contributed by atoms with Crippen LogP contribution in [0, 0.1) is 0 Å². The highest BCUT2D eigenvalue weighted by molar-refractivity contribution is 8.26. The molecule has 0 bridgehead atoms. The lowest BCUT2D eigenvalue weighted by Gasteiger charge is -2.15. The fourth-order valence-corrected chi connectivity index (χ4v) is 2.72. The second kappa shape index (κ2) is 27.0. The van der Waals surface area contributed by atoms with Crippen LogP contribution in [-0.2, 0) is 28.3 Å². The van der Waals surface area contributed by atoms with E-state index in [0.29, 0.717) is 11.5 Å². The molecule has 0 radical (unpaired) electrons. The highest BCUT2D eigenvalue weighted by atomic mass is 36.0. The van der Waals surface area contributed by atoms with Gasteiger partial charge in [0, 0.05) is 45.8 Å². The molecule has 46 heavy (non-hydrogen) atoms. The van der Waals surface area contributed by atoms with Gasteiger partial charge in [0.2, 0.25) is 21.2 Å². The molecule has 3 aromatic carbocycles. The highest BCUT2D eigenvalue weighted by Gasteiger charge is 2.26. The molecule has 0 saturated carbocycles. The Morgan fingerprint density at radius 1 is 0.783 bits per heavy atom. The van der Waals surface area contributed by atoms with Crippen molar-refractivity contribution < 1.29 is 57.0 Å². The Balaban J connectivity index is 0. The lowest BCUT2D eigenvalue weighted by molar-refractivity contribution is -0.154. The number of carbonyl (C=O) groups is 5. The van der Waals surface area contributed by atoms with Crippen LogP contribution < -0.4 is 19.9 Å². The van der Waals surface area contributed by atoms with Crippen molar-refractivity contribution in [1.29, 1.82) is 0 Å². The van der Waals surface area contributed by atoms with Crippen molar-refractivity contribution in [3.05, 3.63) is 91.0 Å². The summed E-state index contributed by atoms with van der Waals surface area (Å²) in [4.78, 5) is 54.1. The van der Waals surface area contributed by atoms with Crippen LogP contribution in [0.2, 0.25) is 0 Å². The van der Waals surface area contributed by atoms with Crippen molar-refractivity contribution in [1.82, 2.24) is 0 Å². The molecular weight excluding hydrogens is 693 g/mol. The third-order valence-electron chi connectivity index (χ3n) is 4.27. The number of primary amides is 1. The molecule has 3 aromatic rings. The van der Waals surface area contributed by atoms with Crippen LogP contribution in [0.15, 0.2) is 91.0 Å². The van der Waals surface area contributed by atoms with Gasteiger partial charge in [-0.1, -0.05) is 62.0 Å². The van der Waals surface area contributed by atoms with E-state index in [9.17, 15) is 24.0 Å². The summed E-state index contributed by atoms with van der Waals surface area (Å²) in [5.74, 6) is -0.273. The molecule has 0 aliphatic carbocycles. The third-order valence-corrected chi connectivity index (χ3v) is 4.35. The predicted molar refractivity (Wildman–Crippen MR) is 172 cm³/mol.